The number of nitrogens with one attached hydrogen (secondary N) is 1. The number of nitrogens with zero attached hydrogens (tertiary/aromatic N) is 1. The van der Waals surface area contributed by atoms with Crippen molar-refractivity contribution >= 4 is 17.3 Å². The van der Waals surface area contributed by atoms with Gasteiger partial charge in [0.1, 0.15) is 5.56 Å². The smallest absolute Gasteiger partial charge is 0.342 e. The molecule has 6 nitrogen and oxygen atoms in total. The Balaban J connectivity index is 2.13. The van der Waals surface area contributed by atoms with Crippen molar-refractivity contribution < 1.29 is 19.2 Å². The number of benzene rings is 1. The Morgan fingerprint density at radius 1 is 1.48 bits per heavy atom. The molecule has 21 heavy (non-hydrogen) atoms. The molecule has 0 spiro atoms. The lowest BCUT2D eigenvalue weighted by atomic mass is 10.1. The number of nitro benzene ring substituents is 1. The van der Waals surface area contributed by atoms with Gasteiger partial charge in [0.15, 0.2) is 5.82 Å². The summed E-state index contributed by atoms with van der Waals surface area (Å²) in [5.41, 5.74) is -0.00657. The predicted octanol–water partition coefficient (Wildman–Crippen LogP) is 3.34. The highest BCUT2D eigenvalue weighted by molar-refractivity contribution is 5.93. The van der Waals surface area contributed by atoms with Gasteiger partial charge in [-0.2, -0.15) is 0 Å². The Hall–Kier alpha value is -2.44. The highest BCUT2D eigenvalue weighted by atomic mass is 19.1. The van der Waals surface area contributed by atoms with Crippen molar-refractivity contribution in [3.05, 3.63) is 45.3 Å². The fourth-order valence-corrected chi connectivity index (χ4v) is 2.34. The van der Waals surface area contributed by atoms with Crippen LogP contribution in [0.3, 0.4) is 0 Å². The van der Waals surface area contributed by atoms with E-state index in [9.17, 15) is 19.3 Å². The Kier molecular flexibility index (Phi) is 4.52. The molecule has 0 amide bonds. The van der Waals surface area contributed by atoms with Crippen LogP contribution in [0.15, 0.2) is 23.8 Å². The number of carboxylic acid groups (broad SMARTS) is 1. The van der Waals surface area contributed by atoms with Gasteiger partial charge in [0.2, 0.25) is 0 Å². The van der Waals surface area contributed by atoms with Gasteiger partial charge >= 0.3 is 5.97 Å². The summed E-state index contributed by atoms with van der Waals surface area (Å²) in [6, 6.07) is 1.61. The van der Waals surface area contributed by atoms with Crippen LogP contribution in [-0.2, 0) is 0 Å². The number of halogens is 1. The molecule has 0 saturated heterocycles. The van der Waals surface area contributed by atoms with Crippen LogP contribution in [0, 0.1) is 15.9 Å². The third-order valence-electron chi connectivity index (χ3n) is 3.41. The van der Waals surface area contributed by atoms with Gasteiger partial charge < -0.3 is 10.4 Å². The predicted molar refractivity (Wildman–Crippen MR) is 75.1 cm³/mol. The number of nitro groups is 1. The van der Waals surface area contributed by atoms with Crippen LogP contribution in [0.4, 0.5) is 15.8 Å². The van der Waals surface area contributed by atoms with E-state index in [1.165, 1.54) is 5.57 Å². The number of hydrogen-bond donors (Lipinski definition) is 2. The van der Waals surface area contributed by atoms with Gasteiger partial charge in [-0.05, 0) is 31.7 Å². The summed E-state index contributed by atoms with van der Waals surface area (Å²) >= 11 is 0. The second-order valence-corrected chi connectivity index (χ2v) is 4.84. The van der Waals surface area contributed by atoms with E-state index in [0.717, 1.165) is 31.7 Å². The maximum atomic E-state index is 13.8. The lowest BCUT2D eigenvalue weighted by Gasteiger charge is -2.09. The second kappa shape index (κ2) is 6.34. The molecule has 1 aromatic rings. The molecule has 1 aliphatic rings. The molecule has 7 heteroatoms. The van der Waals surface area contributed by atoms with E-state index < -0.39 is 28.0 Å². The number of carboxylic acids is 1. The SMILES string of the molecule is O=C(O)c1cc(NCCC2=CCCC2)c(F)cc1[N+](=O)[O-]. The van der Waals surface area contributed by atoms with Gasteiger partial charge in [-0.3, -0.25) is 10.1 Å². The van der Waals surface area contributed by atoms with E-state index in [1.54, 1.807) is 0 Å². The van der Waals surface area contributed by atoms with Crippen LogP contribution in [0.2, 0.25) is 0 Å². The van der Waals surface area contributed by atoms with Gasteiger partial charge in [0.25, 0.3) is 5.69 Å². The van der Waals surface area contributed by atoms with E-state index >= 15 is 0 Å². The lowest BCUT2D eigenvalue weighted by molar-refractivity contribution is -0.385. The monoisotopic (exact) mass is 294 g/mol. The number of carbonyl (C=O) groups is 1. The first-order chi connectivity index (χ1) is 9.99. The fraction of sp³-hybridized carbons (Fsp3) is 0.357. The van der Waals surface area contributed by atoms with Gasteiger partial charge in [0, 0.05) is 6.54 Å². The molecule has 0 radical (unpaired) electrons. The third kappa shape index (κ3) is 3.56. The van der Waals surface area contributed by atoms with Crippen molar-refractivity contribution in [1.29, 1.82) is 0 Å². The maximum Gasteiger partial charge on any atom is 0.342 e. The van der Waals surface area contributed by atoms with Crippen LogP contribution in [0.5, 0.6) is 0 Å². The number of aromatic carboxylic acids is 1. The zero-order valence-corrected chi connectivity index (χ0v) is 11.3. The number of allylic oxidation sites excluding steroid dienone is 1. The molecule has 1 aromatic carbocycles. The summed E-state index contributed by atoms with van der Waals surface area (Å²) < 4.78 is 13.8. The third-order valence-corrected chi connectivity index (χ3v) is 3.41. The summed E-state index contributed by atoms with van der Waals surface area (Å²) in [7, 11) is 0. The van der Waals surface area contributed by atoms with E-state index in [1.807, 2.05) is 0 Å². The Labute approximate surface area is 120 Å². The Morgan fingerprint density at radius 3 is 2.81 bits per heavy atom. The normalized spacial score (nSPS) is 13.9. The minimum absolute atomic E-state index is 0.0309. The quantitative estimate of drug-likeness (QED) is 0.477. The van der Waals surface area contributed by atoms with Crippen LogP contribution in [-0.4, -0.2) is 22.5 Å². The molecule has 0 fully saturated rings. The van der Waals surface area contributed by atoms with Gasteiger partial charge in [0.05, 0.1) is 16.7 Å². The molecule has 0 saturated carbocycles. The Bertz CT molecular complexity index is 613. The fourth-order valence-electron chi connectivity index (χ4n) is 2.34. The number of anilines is 1. The van der Waals surface area contributed by atoms with Crippen LogP contribution in [0.1, 0.15) is 36.0 Å². The van der Waals surface area contributed by atoms with Gasteiger partial charge in [-0.1, -0.05) is 11.6 Å². The van der Waals surface area contributed by atoms with Crippen LogP contribution < -0.4 is 5.32 Å². The Morgan fingerprint density at radius 2 is 2.24 bits per heavy atom. The molecule has 0 atom stereocenters. The molecule has 2 N–H and O–H groups in total. The topological polar surface area (TPSA) is 92.5 Å². The van der Waals surface area contributed by atoms with Crippen LogP contribution >= 0.6 is 0 Å². The number of hydrogen-bond acceptors (Lipinski definition) is 4. The van der Waals surface area contributed by atoms with Crippen molar-refractivity contribution in [2.45, 2.75) is 25.7 Å². The van der Waals surface area contributed by atoms with Crippen molar-refractivity contribution in [2.24, 2.45) is 0 Å². The van der Waals surface area contributed by atoms with Crippen molar-refractivity contribution in [3.8, 4) is 0 Å². The van der Waals surface area contributed by atoms with E-state index in [4.69, 9.17) is 5.11 Å². The largest absolute Gasteiger partial charge is 0.477 e. The summed E-state index contributed by atoms with van der Waals surface area (Å²) in [6.45, 7) is 0.458. The minimum Gasteiger partial charge on any atom is -0.477 e. The van der Waals surface area contributed by atoms with Crippen molar-refractivity contribution in [3.63, 3.8) is 0 Å². The number of rotatable bonds is 6. The summed E-state index contributed by atoms with van der Waals surface area (Å²) in [5, 5.41) is 22.5. The average molecular weight is 294 g/mol. The lowest BCUT2D eigenvalue weighted by Crippen LogP contribution is -2.08. The maximum absolute atomic E-state index is 13.8. The molecule has 2 rings (SSSR count). The zero-order valence-electron chi connectivity index (χ0n) is 11.3. The highest BCUT2D eigenvalue weighted by Gasteiger charge is 2.23. The molecule has 0 bridgehead atoms. The van der Waals surface area contributed by atoms with E-state index in [-0.39, 0.29) is 5.69 Å². The molecule has 0 unspecified atom stereocenters. The average Bonchev–Trinajstić information content (AvgIpc) is 2.92. The van der Waals surface area contributed by atoms with Gasteiger partial charge in [-0.25, -0.2) is 9.18 Å². The van der Waals surface area contributed by atoms with Crippen LogP contribution in [0.25, 0.3) is 0 Å². The molecule has 0 heterocycles. The van der Waals surface area contributed by atoms with E-state index in [0.29, 0.717) is 12.6 Å². The summed E-state index contributed by atoms with van der Waals surface area (Å²) in [4.78, 5) is 20.8. The standard InChI is InChI=1S/C14H15FN2O4/c15-11-8-13(17(20)21)10(14(18)19)7-12(11)16-6-5-9-3-1-2-4-9/h3,7-8,16H,1-2,4-6H2,(H,18,19). The summed E-state index contributed by atoms with van der Waals surface area (Å²) in [5.74, 6) is -2.28. The minimum atomic E-state index is -1.46. The molecule has 0 aliphatic heterocycles. The summed E-state index contributed by atoms with van der Waals surface area (Å²) in [6.07, 6.45) is 6.12. The van der Waals surface area contributed by atoms with E-state index in [2.05, 4.69) is 11.4 Å². The second-order valence-electron chi connectivity index (χ2n) is 4.84. The molecule has 0 aromatic heterocycles. The van der Waals surface area contributed by atoms with Crippen molar-refractivity contribution in [2.75, 3.05) is 11.9 Å². The molecule has 112 valence electrons. The zero-order chi connectivity index (χ0) is 15.4. The van der Waals surface area contributed by atoms with Crippen molar-refractivity contribution in [1.82, 2.24) is 0 Å². The molecule has 1 aliphatic carbocycles. The molecular weight excluding hydrogens is 279 g/mol. The highest BCUT2D eigenvalue weighted by Crippen LogP contribution is 2.27. The first-order valence-corrected chi connectivity index (χ1v) is 6.62. The molecular formula is C14H15FN2O4. The first kappa shape index (κ1) is 15.0. The first-order valence-electron chi connectivity index (χ1n) is 6.62. The van der Waals surface area contributed by atoms with Gasteiger partial charge in [-0.15, -0.1) is 0 Å².